The summed E-state index contributed by atoms with van der Waals surface area (Å²) in [6.07, 6.45) is 2.93. The van der Waals surface area contributed by atoms with Gasteiger partial charge in [-0.1, -0.05) is 0 Å². The fraction of sp³-hybridized carbons (Fsp3) is 0.333. The van der Waals surface area contributed by atoms with Crippen molar-refractivity contribution in [1.29, 1.82) is 0 Å². The lowest BCUT2D eigenvalue weighted by molar-refractivity contribution is -0.757. The van der Waals surface area contributed by atoms with E-state index in [0.29, 0.717) is 17.0 Å². The second-order valence-corrected chi connectivity index (χ2v) is 5.34. The van der Waals surface area contributed by atoms with Crippen LogP contribution in [0, 0.1) is 20.2 Å². The van der Waals surface area contributed by atoms with Crippen molar-refractivity contribution in [3.8, 4) is 0 Å². The quantitative estimate of drug-likeness (QED) is 0.327. The third-order valence-corrected chi connectivity index (χ3v) is 3.69. The number of hydrogen-bond acceptors (Lipinski definition) is 9. The van der Waals surface area contributed by atoms with Crippen LogP contribution in [0.4, 0.5) is 0 Å². The second kappa shape index (κ2) is 8.05. The van der Waals surface area contributed by atoms with Crippen molar-refractivity contribution in [1.82, 2.24) is 10.3 Å². The molecule has 0 bridgehead atoms. The van der Waals surface area contributed by atoms with Gasteiger partial charge in [0, 0.05) is 18.1 Å². The number of nitro groups is 1. The molecule has 1 aliphatic rings. The van der Waals surface area contributed by atoms with Crippen molar-refractivity contribution in [2.75, 3.05) is 13.2 Å². The number of pyridine rings is 1. The Morgan fingerprint density at radius 2 is 1.85 bits per heavy atom. The zero-order chi connectivity index (χ0) is 19.3. The fourth-order valence-corrected chi connectivity index (χ4v) is 2.70. The van der Waals surface area contributed by atoms with E-state index in [0.717, 1.165) is 0 Å². The number of ether oxygens (including phenoxy) is 1. The molecule has 1 aromatic rings. The van der Waals surface area contributed by atoms with Gasteiger partial charge >= 0.3 is 5.97 Å². The SMILES string of the molecule is CC1=C(C(=O)OCCO[N+](=O)[O-])C(c2ccncc2)C([N+](=O)[O-])=C(C)N1. The average molecular weight is 364 g/mol. The van der Waals surface area contributed by atoms with Gasteiger partial charge < -0.3 is 14.9 Å². The van der Waals surface area contributed by atoms with E-state index in [4.69, 9.17) is 4.74 Å². The highest BCUT2D eigenvalue weighted by atomic mass is 17.0. The summed E-state index contributed by atoms with van der Waals surface area (Å²) < 4.78 is 4.99. The first-order chi connectivity index (χ1) is 12.3. The predicted molar refractivity (Wildman–Crippen MR) is 86.4 cm³/mol. The third kappa shape index (κ3) is 4.12. The number of carbonyl (C=O) groups excluding carboxylic acids is 1. The minimum atomic E-state index is -1.00. The van der Waals surface area contributed by atoms with Gasteiger partial charge in [0.1, 0.15) is 19.1 Å². The van der Waals surface area contributed by atoms with Crippen molar-refractivity contribution >= 4 is 5.97 Å². The van der Waals surface area contributed by atoms with Gasteiger partial charge in [0.15, 0.2) is 0 Å². The van der Waals surface area contributed by atoms with Crippen LogP contribution < -0.4 is 5.32 Å². The van der Waals surface area contributed by atoms with E-state index in [1.807, 2.05) is 0 Å². The molecular formula is C15H16N4O7. The van der Waals surface area contributed by atoms with E-state index >= 15 is 0 Å². The Bertz CT molecular complexity index is 788. The summed E-state index contributed by atoms with van der Waals surface area (Å²) in [5.74, 6) is -1.78. The van der Waals surface area contributed by atoms with Gasteiger partial charge in [0.05, 0.1) is 16.2 Å². The molecule has 0 saturated heterocycles. The molecule has 1 aromatic heterocycles. The van der Waals surface area contributed by atoms with Crippen LogP contribution in [0.1, 0.15) is 25.3 Å². The van der Waals surface area contributed by atoms with Crippen LogP contribution in [0.25, 0.3) is 0 Å². The monoisotopic (exact) mass is 364 g/mol. The lowest BCUT2D eigenvalue weighted by atomic mass is 9.84. The lowest BCUT2D eigenvalue weighted by Gasteiger charge is -2.26. The summed E-state index contributed by atoms with van der Waals surface area (Å²) in [4.78, 5) is 41.6. The molecule has 2 heterocycles. The second-order valence-electron chi connectivity index (χ2n) is 5.34. The Morgan fingerprint density at radius 1 is 1.19 bits per heavy atom. The third-order valence-electron chi connectivity index (χ3n) is 3.69. The average Bonchev–Trinajstić information content (AvgIpc) is 2.58. The Labute approximate surface area is 147 Å². The summed E-state index contributed by atoms with van der Waals surface area (Å²) >= 11 is 0. The maximum absolute atomic E-state index is 12.5. The molecule has 0 fully saturated rings. The molecule has 2 rings (SSSR count). The van der Waals surface area contributed by atoms with E-state index in [2.05, 4.69) is 15.1 Å². The standard InChI is InChI=1S/C15H16N4O7/c1-9-12(15(20)25-7-8-26-19(23)24)13(11-3-5-16-6-4-11)14(18(21)22)10(2)17-9/h3-6,13,17H,7-8H2,1-2H3. The van der Waals surface area contributed by atoms with E-state index in [-0.39, 0.29) is 17.9 Å². The van der Waals surface area contributed by atoms with E-state index in [1.165, 1.54) is 12.4 Å². The predicted octanol–water partition coefficient (Wildman–Crippen LogP) is 1.30. The minimum Gasteiger partial charge on any atom is -0.460 e. The minimum absolute atomic E-state index is 0.0506. The number of carbonyl (C=O) groups is 1. The van der Waals surface area contributed by atoms with Crippen LogP contribution >= 0.6 is 0 Å². The van der Waals surface area contributed by atoms with Crippen molar-refractivity contribution in [3.63, 3.8) is 0 Å². The number of rotatable bonds is 7. The molecule has 1 atom stereocenters. The highest BCUT2D eigenvalue weighted by Crippen LogP contribution is 2.38. The number of nitrogens with one attached hydrogen (secondary N) is 1. The number of dihydropyridines is 1. The topological polar surface area (TPSA) is 147 Å². The molecule has 0 aliphatic carbocycles. The summed E-state index contributed by atoms with van der Waals surface area (Å²) in [6, 6.07) is 3.15. The summed E-state index contributed by atoms with van der Waals surface area (Å²) in [7, 11) is 0. The largest absolute Gasteiger partial charge is 0.460 e. The van der Waals surface area contributed by atoms with Crippen molar-refractivity contribution in [2.24, 2.45) is 0 Å². The Kier molecular flexibility index (Phi) is 5.83. The number of esters is 1. The van der Waals surface area contributed by atoms with Gasteiger partial charge in [-0.15, -0.1) is 10.1 Å². The molecular weight excluding hydrogens is 348 g/mol. The number of aromatic nitrogens is 1. The Morgan fingerprint density at radius 3 is 2.42 bits per heavy atom. The van der Waals surface area contributed by atoms with E-state index < -0.39 is 28.5 Å². The summed E-state index contributed by atoms with van der Waals surface area (Å²) in [6.45, 7) is 2.34. The molecule has 11 heteroatoms. The number of hydrogen-bond donors (Lipinski definition) is 1. The highest BCUT2D eigenvalue weighted by Gasteiger charge is 2.40. The zero-order valence-corrected chi connectivity index (χ0v) is 14.0. The van der Waals surface area contributed by atoms with Gasteiger partial charge in [-0.25, -0.2) is 4.79 Å². The molecule has 1 aliphatic heterocycles. The molecule has 1 N–H and O–H groups in total. The van der Waals surface area contributed by atoms with Crippen molar-refractivity contribution in [2.45, 2.75) is 19.8 Å². The Hall–Kier alpha value is -3.50. The zero-order valence-electron chi connectivity index (χ0n) is 14.0. The molecule has 0 amide bonds. The smallest absolute Gasteiger partial charge is 0.337 e. The molecule has 1 unspecified atom stereocenters. The lowest BCUT2D eigenvalue weighted by Crippen LogP contribution is -2.32. The van der Waals surface area contributed by atoms with Crippen molar-refractivity contribution in [3.05, 3.63) is 73.0 Å². The molecule has 11 nitrogen and oxygen atoms in total. The van der Waals surface area contributed by atoms with Gasteiger partial charge in [0.2, 0.25) is 0 Å². The fourth-order valence-electron chi connectivity index (χ4n) is 2.70. The van der Waals surface area contributed by atoms with Gasteiger partial charge in [-0.2, -0.15) is 0 Å². The molecule has 0 saturated carbocycles. The van der Waals surface area contributed by atoms with Crippen LogP contribution in [0.15, 0.2) is 47.2 Å². The van der Waals surface area contributed by atoms with E-state index in [9.17, 15) is 25.0 Å². The van der Waals surface area contributed by atoms with Crippen molar-refractivity contribution < 1.29 is 24.4 Å². The molecule has 26 heavy (non-hydrogen) atoms. The normalized spacial score (nSPS) is 16.8. The molecule has 138 valence electrons. The van der Waals surface area contributed by atoms with Gasteiger partial charge in [-0.3, -0.25) is 15.1 Å². The first kappa shape index (κ1) is 18.8. The highest BCUT2D eigenvalue weighted by molar-refractivity contribution is 5.92. The maximum atomic E-state index is 12.5. The summed E-state index contributed by atoms with van der Waals surface area (Å²) in [5.41, 5.74) is 1.07. The van der Waals surface area contributed by atoms with Crippen LogP contribution in [0.2, 0.25) is 0 Å². The van der Waals surface area contributed by atoms with Crippen LogP contribution in [-0.4, -0.2) is 34.2 Å². The maximum Gasteiger partial charge on any atom is 0.337 e. The molecule has 0 aromatic carbocycles. The number of nitrogens with zero attached hydrogens (tertiary/aromatic N) is 3. The molecule has 0 radical (unpaired) electrons. The first-order valence-electron chi connectivity index (χ1n) is 7.50. The Balaban J connectivity index is 2.35. The van der Waals surface area contributed by atoms with Gasteiger partial charge in [0.25, 0.3) is 10.8 Å². The van der Waals surface area contributed by atoms with Crippen LogP contribution in [-0.2, 0) is 14.4 Å². The van der Waals surface area contributed by atoms with Gasteiger partial charge in [-0.05, 0) is 31.5 Å². The van der Waals surface area contributed by atoms with Crippen LogP contribution in [0.3, 0.4) is 0 Å². The molecule has 0 spiro atoms. The number of allylic oxidation sites excluding steroid dienone is 3. The first-order valence-corrected chi connectivity index (χ1v) is 7.50. The van der Waals surface area contributed by atoms with E-state index in [1.54, 1.807) is 26.0 Å². The van der Waals surface area contributed by atoms with Crippen LogP contribution in [0.5, 0.6) is 0 Å². The summed E-state index contributed by atoms with van der Waals surface area (Å²) in [5, 5.41) is 23.5.